The highest BCUT2D eigenvalue weighted by Gasteiger charge is 2.44. The Morgan fingerprint density at radius 2 is 0.941 bits per heavy atom. The minimum atomic E-state index is -1.68. The van der Waals surface area contributed by atoms with Gasteiger partial charge >= 0.3 is 5.97 Å². The lowest BCUT2D eigenvalue weighted by Gasteiger charge is -2.27. The van der Waals surface area contributed by atoms with Crippen molar-refractivity contribution in [1.82, 2.24) is 0 Å². The Bertz CT molecular complexity index is 835. The molecule has 2 nitrogen and oxygen atoms in total. The molecule has 182 valence electrons. The number of unbranched alkanes of at least 4 members (excludes halogenated alkanes) is 7. The number of esters is 1. The zero-order valence-electron chi connectivity index (χ0n) is 20.4. The largest absolute Gasteiger partial charge is 0.469 e. The van der Waals surface area contributed by atoms with Gasteiger partial charge in [0.05, 0.1) is 13.3 Å². The van der Waals surface area contributed by atoms with Gasteiger partial charge in [-0.1, -0.05) is 86.7 Å². The standard InChI is InChI=1S/C30H38O2P.BrH/c1-32-30(31)25-17-6-4-2-3-5-7-18-26-33(27-19-11-8-12-20-27,28-21-13-9-14-22-28)29-23-15-10-16-24-29;/h8-16,19-24H,2-7,17-18,25-26H2,1H3;1H/q+1;. The van der Waals surface area contributed by atoms with Crippen molar-refractivity contribution in [3.63, 3.8) is 0 Å². The van der Waals surface area contributed by atoms with Gasteiger partial charge in [0.25, 0.3) is 0 Å². The zero-order chi connectivity index (χ0) is 23.2. The Kier molecular flexibility index (Phi) is 13.2. The van der Waals surface area contributed by atoms with Gasteiger partial charge in [0.1, 0.15) is 23.2 Å². The van der Waals surface area contributed by atoms with Crippen LogP contribution in [0.1, 0.15) is 57.8 Å². The minimum Gasteiger partial charge on any atom is -0.469 e. The number of rotatable bonds is 14. The third-order valence-corrected chi connectivity index (χ3v) is 11.0. The van der Waals surface area contributed by atoms with E-state index in [1.165, 1.54) is 67.7 Å². The van der Waals surface area contributed by atoms with Crippen molar-refractivity contribution >= 4 is 46.1 Å². The van der Waals surface area contributed by atoms with E-state index in [0.717, 1.165) is 12.8 Å². The van der Waals surface area contributed by atoms with Crippen molar-refractivity contribution in [2.45, 2.75) is 57.8 Å². The summed E-state index contributed by atoms with van der Waals surface area (Å²) in [7, 11) is -0.215. The van der Waals surface area contributed by atoms with Crippen molar-refractivity contribution in [3.8, 4) is 0 Å². The van der Waals surface area contributed by atoms with E-state index in [4.69, 9.17) is 4.74 Å². The minimum absolute atomic E-state index is 0. The molecular formula is C30H39BrO2P+. The van der Waals surface area contributed by atoms with Crippen molar-refractivity contribution in [3.05, 3.63) is 91.0 Å². The van der Waals surface area contributed by atoms with E-state index in [0.29, 0.717) is 6.42 Å². The van der Waals surface area contributed by atoms with Gasteiger partial charge in [-0.15, -0.1) is 17.0 Å². The summed E-state index contributed by atoms with van der Waals surface area (Å²) in [5.74, 6) is -0.0861. The number of ether oxygens (including phenoxy) is 1. The molecule has 4 heteroatoms. The Hall–Kier alpha value is -1.96. The molecular weight excluding hydrogens is 503 g/mol. The predicted molar refractivity (Wildman–Crippen MR) is 154 cm³/mol. The molecule has 0 aliphatic carbocycles. The lowest BCUT2D eigenvalue weighted by molar-refractivity contribution is -0.140. The van der Waals surface area contributed by atoms with Gasteiger partial charge in [0.15, 0.2) is 0 Å². The molecule has 0 aliphatic heterocycles. The molecule has 0 aromatic heterocycles. The second-order valence-corrected chi connectivity index (χ2v) is 12.3. The maximum atomic E-state index is 11.2. The molecule has 34 heavy (non-hydrogen) atoms. The summed E-state index contributed by atoms with van der Waals surface area (Å²) in [5.41, 5.74) is 0. The Balaban J connectivity index is 0.00000408. The fourth-order valence-electron chi connectivity index (χ4n) is 4.66. The molecule has 0 atom stereocenters. The van der Waals surface area contributed by atoms with Crippen LogP contribution in [0.5, 0.6) is 0 Å². The van der Waals surface area contributed by atoms with Crippen LogP contribution < -0.4 is 15.9 Å². The lowest BCUT2D eigenvalue weighted by Crippen LogP contribution is -2.33. The fraction of sp³-hybridized carbons (Fsp3) is 0.367. The van der Waals surface area contributed by atoms with Gasteiger partial charge in [-0.05, 0) is 55.7 Å². The Morgan fingerprint density at radius 3 is 1.32 bits per heavy atom. The van der Waals surface area contributed by atoms with Crippen LogP contribution in [0.15, 0.2) is 91.0 Å². The summed E-state index contributed by atoms with van der Waals surface area (Å²) in [6.07, 6.45) is 11.4. The van der Waals surface area contributed by atoms with Crippen LogP contribution in [0.3, 0.4) is 0 Å². The number of hydrogen-bond donors (Lipinski definition) is 0. The summed E-state index contributed by atoms with van der Waals surface area (Å²) in [6.45, 7) is 0. The first kappa shape index (κ1) is 28.3. The van der Waals surface area contributed by atoms with Crippen LogP contribution in [0.25, 0.3) is 0 Å². The van der Waals surface area contributed by atoms with E-state index in [1.807, 2.05) is 0 Å². The number of carbonyl (C=O) groups excluding carboxylic acids is 1. The number of methoxy groups -OCH3 is 1. The zero-order valence-corrected chi connectivity index (χ0v) is 23.0. The Morgan fingerprint density at radius 1 is 0.588 bits per heavy atom. The van der Waals surface area contributed by atoms with Gasteiger partial charge in [0, 0.05) is 6.42 Å². The van der Waals surface area contributed by atoms with Crippen LogP contribution in [0.2, 0.25) is 0 Å². The van der Waals surface area contributed by atoms with Gasteiger partial charge in [-0.2, -0.15) is 0 Å². The van der Waals surface area contributed by atoms with Gasteiger partial charge in [-0.25, -0.2) is 0 Å². The molecule has 0 heterocycles. The SMILES string of the molecule is Br.COC(=O)CCCCCCCCCC[P+](c1ccccc1)(c1ccccc1)c1ccccc1. The average Bonchev–Trinajstić information content (AvgIpc) is 2.89. The molecule has 0 saturated carbocycles. The van der Waals surface area contributed by atoms with E-state index >= 15 is 0 Å². The molecule has 0 amide bonds. The smallest absolute Gasteiger partial charge is 0.305 e. The molecule has 3 rings (SSSR count). The number of carbonyl (C=O) groups is 1. The summed E-state index contributed by atoms with van der Waals surface area (Å²) < 4.78 is 4.71. The van der Waals surface area contributed by atoms with Crippen molar-refractivity contribution in [1.29, 1.82) is 0 Å². The molecule has 0 aliphatic rings. The van der Waals surface area contributed by atoms with E-state index in [-0.39, 0.29) is 23.0 Å². The van der Waals surface area contributed by atoms with Crippen LogP contribution in [-0.2, 0) is 9.53 Å². The van der Waals surface area contributed by atoms with E-state index < -0.39 is 7.26 Å². The third kappa shape index (κ3) is 8.07. The predicted octanol–water partition coefficient (Wildman–Crippen LogP) is 7.24. The number of benzene rings is 3. The summed E-state index contributed by atoms with van der Waals surface area (Å²) in [4.78, 5) is 11.2. The van der Waals surface area contributed by atoms with E-state index in [2.05, 4.69) is 91.0 Å². The normalized spacial score (nSPS) is 11.0. The fourth-order valence-corrected chi connectivity index (χ4v) is 9.07. The molecule has 0 unspecified atom stereocenters. The Labute approximate surface area is 217 Å². The first-order chi connectivity index (χ1) is 16.3. The third-order valence-electron chi connectivity index (χ3n) is 6.44. The molecule has 0 spiro atoms. The van der Waals surface area contributed by atoms with E-state index in [9.17, 15) is 4.79 Å². The average molecular weight is 543 g/mol. The van der Waals surface area contributed by atoms with E-state index in [1.54, 1.807) is 0 Å². The first-order valence-electron chi connectivity index (χ1n) is 12.4. The highest BCUT2D eigenvalue weighted by molar-refractivity contribution is 8.93. The van der Waals surface area contributed by atoms with Crippen molar-refractivity contribution < 1.29 is 9.53 Å². The molecule has 0 bridgehead atoms. The molecule has 0 N–H and O–H groups in total. The lowest BCUT2D eigenvalue weighted by atomic mass is 10.1. The summed E-state index contributed by atoms with van der Waals surface area (Å²) in [5, 5.41) is 4.44. The van der Waals surface area contributed by atoms with Crippen molar-refractivity contribution in [2.75, 3.05) is 13.3 Å². The molecule has 0 fully saturated rings. The molecule has 3 aromatic rings. The highest BCUT2D eigenvalue weighted by atomic mass is 79.9. The number of halogens is 1. The second-order valence-electron chi connectivity index (χ2n) is 8.69. The molecule has 0 saturated heterocycles. The quantitative estimate of drug-likeness (QED) is 0.122. The summed E-state index contributed by atoms with van der Waals surface area (Å²) >= 11 is 0. The first-order valence-corrected chi connectivity index (χ1v) is 14.4. The van der Waals surface area contributed by atoms with Crippen LogP contribution in [0.4, 0.5) is 0 Å². The van der Waals surface area contributed by atoms with Crippen LogP contribution in [-0.4, -0.2) is 19.2 Å². The van der Waals surface area contributed by atoms with Gasteiger partial charge in [0.2, 0.25) is 0 Å². The van der Waals surface area contributed by atoms with Crippen LogP contribution >= 0.6 is 24.2 Å². The molecule has 3 aromatic carbocycles. The summed E-state index contributed by atoms with van der Waals surface area (Å²) in [6, 6.07) is 33.5. The van der Waals surface area contributed by atoms with Gasteiger partial charge < -0.3 is 4.74 Å². The maximum Gasteiger partial charge on any atom is 0.305 e. The number of hydrogen-bond acceptors (Lipinski definition) is 2. The second kappa shape index (κ2) is 15.8. The van der Waals surface area contributed by atoms with Crippen LogP contribution in [0, 0.1) is 0 Å². The topological polar surface area (TPSA) is 26.3 Å². The maximum absolute atomic E-state index is 11.2. The highest BCUT2D eigenvalue weighted by Crippen LogP contribution is 2.55. The molecule has 0 radical (unpaired) electrons. The van der Waals surface area contributed by atoms with Gasteiger partial charge in [-0.3, -0.25) is 4.79 Å². The van der Waals surface area contributed by atoms with Crippen molar-refractivity contribution in [2.24, 2.45) is 0 Å². The monoisotopic (exact) mass is 541 g/mol.